The number of hydrogen-bond acceptors (Lipinski definition) is 3. The third kappa shape index (κ3) is 4.61. The van der Waals surface area contributed by atoms with E-state index in [9.17, 15) is 9.59 Å². The van der Waals surface area contributed by atoms with Crippen LogP contribution in [0.4, 0.5) is 0 Å². The summed E-state index contributed by atoms with van der Waals surface area (Å²) >= 11 is 0. The summed E-state index contributed by atoms with van der Waals surface area (Å²) in [5.74, 6) is -0.390. The highest BCUT2D eigenvalue weighted by molar-refractivity contribution is 5.75. The second-order valence-corrected chi connectivity index (χ2v) is 4.37. The third-order valence-electron chi connectivity index (χ3n) is 3.04. The normalized spacial score (nSPS) is 25.2. The number of carbonyl (C=O) groups excluding carboxylic acids is 2. The molecule has 4 N–H and O–H groups in total. The van der Waals surface area contributed by atoms with Gasteiger partial charge in [-0.3, -0.25) is 9.59 Å². The lowest BCUT2D eigenvalue weighted by Crippen LogP contribution is -2.32. The number of rotatable bonds is 6. The van der Waals surface area contributed by atoms with Crippen LogP contribution in [0.1, 0.15) is 38.5 Å². The molecule has 5 heteroatoms. The fraction of sp³-hybridized carbons (Fsp3) is 0.818. The van der Waals surface area contributed by atoms with Gasteiger partial charge in [0.15, 0.2) is 0 Å². The SMILES string of the molecule is NC(=O)CCC1CCCCC1OCC(N)=O. The van der Waals surface area contributed by atoms with Gasteiger partial charge >= 0.3 is 0 Å². The molecule has 1 aliphatic carbocycles. The van der Waals surface area contributed by atoms with E-state index in [0.717, 1.165) is 32.1 Å². The highest BCUT2D eigenvalue weighted by Gasteiger charge is 2.26. The maximum Gasteiger partial charge on any atom is 0.243 e. The predicted octanol–water partition coefficient (Wildman–Crippen LogP) is 0.313. The molecule has 2 unspecified atom stereocenters. The van der Waals surface area contributed by atoms with E-state index in [1.165, 1.54) is 0 Å². The Morgan fingerprint density at radius 3 is 2.44 bits per heavy atom. The van der Waals surface area contributed by atoms with Gasteiger partial charge in [0.1, 0.15) is 6.61 Å². The summed E-state index contributed by atoms with van der Waals surface area (Å²) in [6.45, 7) is -0.0300. The number of nitrogens with two attached hydrogens (primary N) is 2. The fourth-order valence-corrected chi connectivity index (χ4v) is 2.24. The van der Waals surface area contributed by atoms with Gasteiger partial charge in [0.25, 0.3) is 0 Å². The predicted molar refractivity (Wildman–Crippen MR) is 59.3 cm³/mol. The Labute approximate surface area is 95.5 Å². The van der Waals surface area contributed by atoms with Crippen molar-refractivity contribution in [3.05, 3.63) is 0 Å². The molecule has 16 heavy (non-hydrogen) atoms. The molecule has 0 aromatic heterocycles. The molecule has 1 fully saturated rings. The van der Waals surface area contributed by atoms with Gasteiger partial charge in [-0.2, -0.15) is 0 Å². The molecule has 2 atom stereocenters. The van der Waals surface area contributed by atoms with E-state index in [1.807, 2.05) is 0 Å². The minimum atomic E-state index is -0.445. The van der Waals surface area contributed by atoms with Gasteiger partial charge in [-0.15, -0.1) is 0 Å². The average Bonchev–Trinajstić information content (AvgIpc) is 2.24. The molecular formula is C11H20N2O3. The number of carbonyl (C=O) groups is 2. The monoisotopic (exact) mass is 228 g/mol. The Balaban J connectivity index is 2.37. The molecule has 0 radical (unpaired) electrons. The van der Waals surface area contributed by atoms with Crippen LogP contribution in [-0.2, 0) is 14.3 Å². The second-order valence-electron chi connectivity index (χ2n) is 4.37. The highest BCUT2D eigenvalue weighted by atomic mass is 16.5. The minimum Gasteiger partial charge on any atom is -0.370 e. The van der Waals surface area contributed by atoms with Crippen molar-refractivity contribution in [3.8, 4) is 0 Å². The van der Waals surface area contributed by atoms with Crippen LogP contribution in [0.5, 0.6) is 0 Å². The van der Waals surface area contributed by atoms with Crippen LogP contribution in [0.2, 0.25) is 0 Å². The minimum absolute atomic E-state index is 0.0300. The molecule has 0 heterocycles. The van der Waals surface area contributed by atoms with Crippen molar-refractivity contribution >= 4 is 11.8 Å². The summed E-state index contributed by atoms with van der Waals surface area (Å²) < 4.78 is 5.46. The summed E-state index contributed by atoms with van der Waals surface area (Å²) in [5, 5.41) is 0. The van der Waals surface area contributed by atoms with Gasteiger partial charge in [0, 0.05) is 6.42 Å². The van der Waals surface area contributed by atoms with Gasteiger partial charge in [0.2, 0.25) is 11.8 Å². The number of hydrogen-bond donors (Lipinski definition) is 2. The molecule has 1 aliphatic rings. The van der Waals surface area contributed by atoms with E-state index in [4.69, 9.17) is 16.2 Å². The first-order chi connectivity index (χ1) is 7.59. The van der Waals surface area contributed by atoms with Crippen LogP contribution >= 0.6 is 0 Å². The zero-order valence-electron chi connectivity index (χ0n) is 9.48. The van der Waals surface area contributed by atoms with Crippen molar-refractivity contribution in [1.29, 1.82) is 0 Å². The Morgan fingerprint density at radius 2 is 1.81 bits per heavy atom. The average molecular weight is 228 g/mol. The van der Waals surface area contributed by atoms with E-state index in [-0.39, 0.29) is 18.6 Å². The van der Waals surface area contributed by atoms with Gasteiger partial charge in [-0.25, -0.2) is 0 Å². The first-order valence-corrected chi connectivity index (χ1v) is 5.78. The van der Waals surface area contributed by atoms with Crippen molar-refractivity contribution in [1.82, 2.24) is 0 Å². The van der Waals surface area contributed by atoms with E-state index in [0.29, 0.717) is 12.3 Å². The van der Waals surface area contributed by atoms with Crippen LogP contribution in [0.15, 0.2) is 0 Å². The van der Waals surface area contributed by atoms with Crippen molar-refractivity contribution in [2.75, 3.05) is 6.61 Å². The molecule has 0 saturated heterocycles. The zero-order valence-corrected chi connectivity index (χ0v) is 9.48. The van der Waals surface area contributed by atoms with E-state index in [1.54, 1.807) is 0 Å². The van der Waals surface area contributed by atoms with Gasteiger partial charge in [-0.1, -0.05) is 12.8 Å². The third-order valence-corrected chi connectivity index (χ3v) is 3.04. The zero-order chi connectivity index (χ0) is 12.0. The smallest absolute Gasteiger partial charge is 0.243 e. The summed E-state index contributed by atoms with van der Waals surface area (Å²) in [6.07, 6.45) is 5.43. The maximum atomic E-state index is 10.7. The van der Waals surface area contributed by atoms with E-state index < -0.39 is 5.91 Å². The van der Waals surface area contributed by atoms with E-state index >= 15 is 0 Å². The number of ether oxygens (including phenoxy) is 1. The van der Waals surface area contributed by atoms with Gasteiger partial charge in [-0.05, 0) is 25.2 Å². The summed E-state index contributed by atoms with van der Waals surface area (Å²) in [6, 6.07) is 0. The molecule has 1 rings (SSSR count). The van der Waals surface area contributed by atoms with Gasteiger partial charge < -0.3 is 16.2 Å². The molecule has 0 aromatic rings. The van der Waals surface area contributed by atoms with Crippen molar-refractivity contribution < 1.29 is 14.3 Å². The van der Waals surface area contributed by atoms with Crippen LogP contribution in [0, 0.1) is 5.92 Å². The maximum absolute atomic E-state index is 10.7. The molecule has 0 aromatic carbocycles. The molecule has 0 spiro atoms. The van der Waals surface area contributed by atoms with Crippen LogP contribution in [0.3, 0.4) is 0 Å². The second kappa shape index (κ2) is 6.48. The quantitative estimate of drug-likeness (QED) is 0.685. The molecule has 5 nitrogen and oxygen atoms in total. The van der Waals surface area contributed by atoms with E-state index in [2.05, 4.69) is 0 Å². The molecule has 0 bridgehead atoms. The fourth-order valence-electron chi connectivity index (χ4n) is 2.24. The molecular weight excluding hydrogens is 208 g/mol. The van der Waals surface area contributed by atoms with Crippen molar-refractivity contribution in [3.63, 3.8) is 0 Å². The Kier molecular flexibility index (Phi) is 5.25. The lowest BCUT2D eigenvalue weighted by molar-refractivity contribution is -0.127. The largest absolute Gasteiger partial charge is 0.370 e. The lowest BCUT2D eigenvalue weighted by atomic mass is 9.83. The Morgan fingerprint density at radius 1 is 1.12 bits per heavy atom. The van der Waals surface area contributed by atoms with Crippen molar-refractivity contribution in [2.45, 2.75) is 44.6 Å². The Bertz CT molecular complexity index is 230. The first kappa shape index (κ1) is 13.0. The molecule has 0 aliphatic heterocycles. The molecule has 2 amide bonds. The van der Waals surface area contributed by atoms with Crippen molar-refractivity contribution in [2.24, 2.45) is 17.4 Å². The topological polar surface area (TPSA) is 95.4 Å². The molecule has 1 saturated carbocycles. The van der Waals surface area contributed by atoms with Crippen LogP contribution in [0.25, 0.3) is 0 Å². The van der Waals surface area contributed by atoms with Gasteiger partial charge in [0.05, 0.1) is 6.10 Å². The Hall–Kier alpha value is -1.10. The first-order valence-electron chi connectivity index (χ1n) is 5.78. The number of primary amides is 2. The highest BCUT2D eigenvalue weighted by Crippen LogP contribution is 2.30. The van der Waals surface area contributed by atoms with Crippen LogP contribution < -0.4 is 11.5 Å². The summed E-state index contributed by atoms with van der Waals surface area (Å²) in [4.78, 5) is 21.4. The van der Waals surface area contributed by atoms with Crippen LogP contribution in [-0.4, -0.2) is 24.5 Å². The lowest BCUT2D eigenvalue weighted by Gasteiger charge is -2.31. The summed E-state index contributed by atoms with van der Waals surface area (Å²) in [5.41, 5.74) is 10.2. The standard InChI is InChI=1S/C11H20N2O3/c12-10(14)6-5-8-3-1-2-4-9(8)16-7-11(13)15/h8-9H,1-7H2,(H2,12,14)(H2,13,15). The number of amides is 2. The molecule has 92 valence electrons. The summed E-state index contributed by atoms with van der Waals surface area (Å²) in [7, 11) is 0.